The Morgan fingerprint density at radius 1 is 1.31 bits per heavy atom. The van der Waals surface area contributed by atoms with E-state index in [1.165, 1.54) is 16.1 Å². The van der Waals surface area contributed by atoms with Gasteiger partial charge in [-0.3, -0.25) is 0 Å². The van der Waals surface area contributed by atoms with Gasteiger partial charge in [-0.2, -0.15) is 0 Å². The summed E-state index contributed by atoms with van der Waals surface area (Å²) in [5.74, 6) is 0. The van der Waals surface area contributed by atoms with Crippen molar-refractivity contribution in [1.82, 2.24) is 10.3 Å². The zero-order valence-corrected chi connectivity index (χ0v) is 10.3. The van der Waals surface area contributed by atoms with Gasteiger partial charge in [0.2, 0.25) is 0 Å². The molecule has 0 saturated heterocycles. The van der Waals surface area contributed by atoms with Crippen molar-refractivity contribution in [2.45, 2.75) is 19.9 Å². The molecule has 1 N–H and O–H groups in total. The maximum absolute atomic E-state index is 4.26. The number of rotatable bonds is 5. The lowest BCUT2D eigenvalue weighted by molar-refractivity contribution is 0.683. The Morgan fingerprint density at radius 3 is 2.94 bits per heavy atom. The number of aromatic nitrogens is 1. The second-order valence-electron chi connectivity index (χ2n) is 3.78. The van der Waals surface area contributed by atoms with Gasteiger partial charge in [0.05, 0.1) is 5.01 Å². The summed E-state index contributed by atoms with van der Waals surface area (Å²) >= 11 is 1.72. The third kappa shape index (κ3) is 3.15. The second-order valence-corrected chi connectivity index (χ2v) is 4.76. The maximum Gasteiger partial charge on any atom is 0.0937 e. The van der Waals surface area contributed by atoms with Crippen molar-refractivity contribution < 1.29 is 0 Å². The van der Waals surface area contributed by atoms with Gasteiger partial charge in [0.25, 0.3) is 0 Å². The fourth-order valence-corrected chi connectivity index (χ4v) is 2.22. The number of nitrogens with zero attached hydrogens (tertiary/aromatic N) is 1. The molecule has 84 valence electrons. The van der Waals surface area contributed by atoms with Crippen LogP contribution < -0.4 is 5.32 Å². The summed E-state index contributed by atoms with van der Waals surface area (Å²) in [4.78, 5) is 4.26. The number of benzene rings is 1. The van der Waals surface area contributed by atoms with Gasteiger partial charge in [-0.05, 0) is 18.1 Å². The summed E-state index contributed by atoms with van der Waals surface area (Å²) in [6.45, 7) is 4.08. The molecular weight excluding hydrogens is 216 g/mol. The predicted molar refractivity (Wildman–Crippen MR) is 68.7 cm³/mol. The lowest BCUT2D eigenvalue weighted by atomic mass is 10.1. The quantitative estimate of drug-likeness (QED) is 0.802. The largest absolute Gasteiger partial charge is 0.312 e. The molecule has 0 aliphatic carbocycles. The number of thiazole rings is 1. The summed E-state index contributed by atoms with van der Waals surface area (Å²) in [5, 5.41) is 6.68. The van der Waals surface area contributed by atoms with Crippen LogP contribution in [0.5, 0.6) is 0 Å². The first-order valence-corrected chi connectivity index (χ1v) is 6.38. The molecule has 2 aromatic rings. The van der Waals surface area contributed by atoms with Crippen LogP contribution >= 0.6 is 11.3 Å². The van der Waals surface area contributed by atoms with Crippen LogP contribution in [0, 0.1) is 6.92 Å². The van der Waals surface area contributed by atoms with E-state index in [4.69, 9.17) is 0 Å². The van der Waals surface area contributed by atoms with Gasteiger partial charge < -0.3 is 5.32 Å². The molecule has 1 aromatic carbocycles. The fraction of sp³-hybridized carbons (Fsp3) is 0.308. The van der Waals surface area contributed by atoms with Crippen LogP contribution in [-0.2, 0) is 13.0 Å². The van der Waals surface area contributed by atoms with Crippen molar-refractivity contribution in [2.75, 3.05) is 6.54 Å². The van der Waals surface area contributed by atoms with Gasteiger partial charge in [-0.15, -0.1) is 11.3 Å². The Morgan fingerprint density at radius 2 is 2.19 bits per heavy atom. The molecular formula is C13H16N2S. The SMILES string of the molecule is Cc1ccccc1CNCCc1nccs1. The van der Waals surface area contributed by atoms with E-state index in [9.17, 15) is 0 Å². The standard InChI is InChI=1S/C13H16N2S/c1-11-4-2-3-5-12(11)10-14-7-6-13-15-8-9-16-13/h2-5,8-9,14H,6-7,10H2,1H3. The summed E-state index contributed by atoms with van der Waals surface area (Å²) in [5.41, 5.74) is 2.73. The molecule has 1 aromatic heterocycles. The first kappa shape index (κ1) is 11.3. The van der Waals surface area contributed by atoms with Gasteiger partial charge in [0.1, 0.15) is 0 Å². The molecule has 3 heteroatoms. The molecule has 0 saturated carbocycles. The van der Waals surface area contributed by atoms with E-state index in [0.29, 0.717) is 0 Å². The maximum atomic E-state index is 4.26. The van der Waals surface area contributed by atoms with E-state index < -0.39 is 0 Å². The van der Waals surface area contributed by atoms with Crippen molar-refractivity contribution in [3.63, 3.8) is 0 Å². The summed E-state index contributed by atoms with van der Waals surface area (Å²) in [7, 11) is 0. The van der Waals surface area contributed by atoms with Crippen LogP contribution in [0.1, 0.15) is 16.1 Å². The third-order valence-corrected chi connectivity index (χ3v) is 3.42. The minimum Gasteiger partial charge on any atom is -0.312 e. The first-order chi connectivity index (χ1) is 7.86. The number of aryl methyl sites for hydroxylation is 1. The van der Waals surface area contributed by atoms with E-state index in [1.54, 1.807) is 11.3 Å². The number of nitrogens with one attached hydrogen (secondary N) is 1. The highest BCUT2D eigenvalue weighted by molar-refractivity contribution is 7.09. The van der Waals surface area contributed by atoms with Crippen LogP contribution in [0.4, 0.5) is 0 Å². The molecule has 0 aliphatic rings. The number of hydrogen-bond donors (Lipinski definition) is 1. The minimum atomic E-state index is 0.943. The topological polar surface area (TPSA) is 24.9 Å². The lowest BCUT2D eigenvalue weighted by Gasteiger charge is -2.06. The van der Waals surface area contributed by atoms with Gasteiger partial charge in [0, 0.05) is 31.1 Å². The highest BCUT2D eigenvalue weighted by Crippen LogP contribution is 2.07. The van der Waals surface area contributed by atoms with Crippen LogP contribution in [-0.4, -0.2) is 11.5 Å². The van der Waals surface area contributed by atoms with Crippen LogP contribution in [0.25, 0.3) is 0 Å². The Hall–Kier alpha value is -1.19. The number of hydrogen-bond acceptors (Lipinski definition) is 3. The molecule has 0 amide bonds. The Kier molecular flexibility index (Phi) is 4.08. The monoisotopic (exact) mass is 232 g/mol. The van der Waals surface area contributed by atoms with Crippen LogP contribution in [0.2, 0.25) is 0 Å². The van der Waals surface area contributed by atoms with E-state index >= 15 is 0 Å². The molecule has 0 spiro atoms. The van der Waals surface area contributed by atoms with Crippen molar-refractivity contribution >= 4 is 11.3 Å². The average molecular weight is 232 g/mol. The molecule has 16 heavy (non-hydrogen) atoms. The summed E-state index contributed by atoms with van der Waals surface area (Å²) in [6, 6.07) is 8.49. The molecule has 2 rings (SSSR count). The van der Waals surface area contributed by atoms with Gasteiger partial charge in [-0.25, -0.2) is 4.98 Å². The highest BCUT2D eigenvalue weighted by Gasteiger charge is 1.97. The molecule has 0 atom stereocenters. The second kappa shape index (κ2) is 5.77. The molecule has 0 fully saturated rings. The van der Waals surface area contributed by atoms with E-state index in [2.05, 4.69) is 41.5 Å². The normalized spacial score (nSPS) is 10.6. The molecule has 0 bridgehead atoms. The summed E-state index contributed by atoms with van der Waals surface area (Å²) < 4.78 is 0. The fourth-order valence-electron chi connectivity index (χ4n) is 1.60. The first-order valence-electron chi connectivity index (χ1n) is 5.50. The molecule has 0 unspecified atom stereocenters. The predicted octanol–water partition coefficient (Wildman–Crippen LogP) is 2.78. The van der Waals surface area contributed by atoms with Gasteiger partial charge >= 0.3 is 0 Å². The van der Waals surface area contributed by atoms with E-state index in [0.717, 1.165) is 19.5 Å². The third-order valence-electron chi connectivity index (χ3n) is 2.58. The smallest absolute Gasteiger partial charge is 0.0937 e. The molecule has 2 nitrogen and oxygen atoms in total. The zero-order chi connectivity index (χ0) is 11.2. The molecule has 0 radical (unpaired) electrons. The molecule has 1 heterocycles. The van der Waals surface area contributed by atoms with Gasteiger partial charge in [0.15, 0.2) is 0 Å². The Labute approximate surface area is 100 Å². The van der Waals surface area contributed by atoms with Crippen molar-refractivity contribution in [1.29, 1.82) is 0 Å². The lowest BCUT2D eigenvalue weighted by Crippen LogP contribution is -2.17. The zero-order valence-electron chi connectivity index (χ0n) is 9.44. The van der Waals surface area contributed by atoms with Crippen LogP contribution in [0.15, 0.2) is 35.8 Å². The minimum absolute atomic E-state index is 0.943. The Bertz CT molecular complexity index is 423. The van der Waals surface area contributed by atoms with Crippen LogP contribution in [0.3, 0.4) is 0 Å². The van der Waals surface area contributed by atoms with Crippen molar-refractivity contribution in [3.8, 4) is 0 Å². The Balaban J connectivity index is 1.74. The highest BCUT2D eigenvalue weighted by atomic mass is 32.1. The molecule has 0 aliphatic heterocycles. The van der Waals surface area contributed by atoms with Crippen molar-refractivity contribution in [2.24, 2.45) is 0 Å². The van der Waals surface area contributed by atoms with Crippen molar-refractivity contribution in [3.05, 3.63) is 52.0 Å². The van der Waals surface area contributed by atoms with E-state index in [1.807, 2.05) is 11.6 Å². The average Bonchev–Trinajstić information content (AvgIpc) is 2.79. The van der Waals surface area contributed by atoms with E-state index in [-0.39, 0.29) is 0 Å². The van der Waals surface area contributed by atoms with Gasteiger partial charge in [-0.1, -0.05) is 24.3 Å². The summed E-state index contributed by atoms with van der Waals surface area (Å²) in [6.07, 6.45) is 2.88.